The third kappa shape index (κ3) is 3.42. The van der Waals surface area contributed by atoms with E-state index >= 15 is 0 Å². The van der Waals surface area contributed by atoms with E-state index in [0.29, 0.717) is 0 Å². The molecular weight excluding hydrogens is 316 g/mol. The van der Waals surface area contributed by atoms with Gasteiger partial charge in [0, 0.05) is 31.0 Å². The zero-order chi connectivity index (χ0) is 17.1. The fourth-order valence-electron chi connectivity index (χ4n) is 3.24. The van der Waals surface area contributed by atoms with E-state index in [4.69, 9.17) is 4.42 Å². The number of furan rings is 1. The van der Waals surface area contributed by atoms with E-state index in [-0.39, 0.29) is 12.1 Å². The van der Waals surface area contributed by atoms with E-state index in [2.05, 4.69) is 20.5 Å². The Balaban J connectivity index is 1.34. The number of piperidine rings is 1. The van der Waals surface area contributed by atoms with Crippen LogP contribution in [-0.2, 0) is 0 Å². The molecule has 1 saturated heterocycles. The Kier molecular flexibility index (Phi) is 4.24. The Labute approximate surface area is 145 Å². The summed E-state index contributed by atoms with van der Waals surface area (Å²) in [5.41, 5.74) is 1.65. The highest BCUT2D eigenvalue weighted by Crippen LogP contribution is 2.27. The summed E-state index contributed by atoms with van der Waals surface area (Å²) in [6.45, 7) is 1.71. The fourth-order valence-corrected chi connectivity index (χ4v) is 3.24. The summed E-state index contributed by atoms with van der Waals surface area (Å²) in [5.74, 6) is 0.957. The molecule has 1 aliphatic rings. The lowest BCUT2D eigenvalue weighted by atomic mass is 10.0. The van der Waals surface area contributed by atoms with Crippen LogP contribution in [0.3, 0.4) is 0 Å². The van der Waals surface area contributed by atoms with E-state index < -0.39 is 0 Å². The van der Waals surface area contributed by atoms with E-state index in [9.17, 15) is 4.79 Å². The topological polar surface area (TPSA) is 70.4 Å². The van der Waals surface area contributed by atoms with Crippen molar-refractivity contribution in [1.82, 2.24) is 10.3 Å². The molecule has 1 aliphatic heterocycles. The maximum Gasteiger partial charge on any atom is 0.319 e. The lowest BCUT2D eigenvalue weighted by Crippen LogP contribution is -2.46. The van der Waals surface area contributed by atoms with Gasteiger partial charge in [-0.25, -0.2) is 9.78 Å². The molecule has 1 fully saturated rings. The minimum atomic E-state index is -0.153. The molecule has 0 atom stereocenters. The number of amides is 2. The molecule has 2 aromatic heterocycles. The number of pyridine rings is 1. The number of carbonyl (C=O) groups excluding carboxylic acids is 1. The summed E-state index contributed by atoms with van der Waals surface area (Å²) in [6, 6.07) is 13.3. The second-order valence-corrected chi connectivity index (χ2v) is 6.19. The highest BCUT2D eigenvalue weighted by atomic mass is 16.3. The van der Waals surface area contributed by atoms with E-state index in [1.165, 1.54) is 0 Å². The number of benzene rings is 1. The monoisotopic (exact) mass is 336 g/mol. The number of fused-ring (bicyclic) bond motifs is 1. The van der Waals surface area contributed by atoms with Crippen LogP contribution in [0, 0.1) is 0 Å². The van der Waals surface area contributed by atoms with E-state index in [1.54, 1.807) is 12.5 Å². The number of aromatic nitrogens is 1. The largest absolute Gasteiger partial charge is 0.464 e. The van der Waals surface area contributed by atoms with Crippen LogP contribution in [-0.4, -0.2) is 30.1 Å². The van der Waals surface area contributed by atoms with Crippen molar-refractivity contribution in [2.45, 2.75) is 18.9 Å². The molecule has 0 spiro atoms. The van der Waals surface area contributed by atoms with Gasteiger partial charge in [-0.05, 0) is 37.1 Å². The van der Waals surface area contributed by atoms with Gasteiger partial charge in [-0.1, -0.05) is 18.2 Å². The van der Waals surface area contributed by atoms with Gasteiger partial charge >= 0.3 is 6.03 Å². The number of rotatable bonds is 3. The van der Waals surface area contributed by atoms with Gasteiger partial charge in [-0.3, -0.25) is 0 Å². The van der Waals surface area contributed by atoms with Crippen molar-refractivity contribution in [1.29, 1.82) is 0 Å². The van der Waals surface area contributed by atoms with Crippen molar-refractivity contribution >= 4 is 28.5 Å². The Morgan fingerprint density at radius 1 is 1.12 bits per heavy atom. The second-order valence-electron chi connectivity index (χ2n) is 6.19. The highest BCUT2D eigenvalue weighted by Gasteiger charge is 2.23. The number of anilines is 2. The summed E-state index contributed by atoms with van der Waals surface area (Å²) in [4.78, 5) is 18.9. The summed E-state index contributed by atoms with van der Waals surface area (Å²) < 4.78 is 5.45. The van der Waals surface area contributed by atoms with Crippen LogP contribution in [0.1, 0.15) is 12.8 Å². The van der Waals surface area contributed by atoms with Crippen molar-refractivity contribution in [3.63, 3.8) is 0 Å². The van der Waals surface area contributed by atoms with Crippen LogP contribution in [0.5, 0.6) is 0 Å². The Morgan fingerprint density at radius 2 is 1.92 bits per heavy atom. The van der Waals surface area contributed by atoms with Gasteiger partial charge in [0.2, 0.25) is 0 Å². The molecule has 25 heavy (non-hydrogen) atoms. The summed E-state index contributed by atoms with van der Waals surface area (Å²) in [7, 11) is 0. The average Bonchev–Trinajstić information content (AvgIpc) is 3.12. The van der Waals surface area contributed by atoms with Crippen LogP contribution in [0.25, 0.3) is 11.0 Å². The lowest BCUT2D eigenvalue weighted by molar-refractivity contribution is 0.246. The zero-order valence-corrected chi connectivity index (χ0v) is 13.8. The third-order valence-electron chi connectivity index (χ3n) is 4.52. The second kappa shape index (κ2) is 6.84. The SMILES string of the molecule is O=C(Nc1ccccc1)NC1CCN(c2nccc3occc23)CC1. The molecule has 0 aliphatic carbocycles. The van der Waals surface area contributed by atoms with Crippen molar-refractivity contribution in [2.24, 2.45) is 0 Å². The first-order valence-electron chi connectivity index (χ1n) is 8.49. The average molecular weight is 336 g/mol. The number of carbonyl (C=O) groups is 1. The first-order valence-corrected chi connectivity index (χ1v) is 8.49. The number of hydrogen-bond acceptors (Lipinski definition) is 4. The summed E-state index contributed by atoms with van der Waals surface area (Å²) >= 11 is 0. The van der Waals surface area contributed by atoms with Gasteiger partial charge < -0.3 is 20.0 Å². The molecule has 0 radical (unpaired) electrons. The van der Waals surface area contributed by atoms with Gasteiger partial charge in [-0.2, -0.15) is 0 Å². The van der Waals surface area contributed by atoms with Crippen LogP contribution in [0.4, 0.5) is 16.3 Å². The molecule has 2 amide bonds. The molecule has 128 valence electrons. The number of hydrogen-bond donors (Lipinski definition) is 2. The lowest BCUT2D eigenvalue weighted by Gasteiger charge is -2.33. The number of nitrogens with zero attached hydrogens (tertiary/aromatic N) is 2. The smallest absolute Gasteiger partial charge is 0.319 e. The van der Waals surface area contributed by atoms with Crippen LogP contribution in [0.2, 0.25) is 0 Å². The zero-order valence-electron chi connectivity index (χ0n) is 13.8. The number of nitrogens with one attached hydrogen (secondary N) is 2. The molecule has 3 heterocycles. The van der Waals surface area contributed by atoms with Gasteiger partial charge in [0.25, 0.3) is 0 Å². The molecular formula is C19H20N4O2. The maximum absolute atomic E-state index is 12.1. The Morgan fingerprint density at radius 3 is 2.72 bits per heavy atom. The predicted molar refractivity (Wildman–Crippen MR) is 97.8 cm³/mol. The molecule has 2 N–H and O–H groups in total. The summed E-state index contributed by atoms with van der Waals surface area (Å²) in [6.07, 6.45) is 5.24. The minimum Gasteiger partial charge on any atom is -0.464 e. The molecule has 4 rings (SSSR count). The standard InChI is InChI=1S/C19H20N4O2/c24-19(21-14-4-2-1-3-5-14)22-15-7-11-23(12-8-15)18-16-9-13-25-17(16)6-10-20-18/h1-6,9-10,13,15H,7-8,11-12H2,(H2,21,22,24). The highest BCUT2D eigenvalue weighted by molar-refractivity contribution is 5.90. The van der Waals surface area contributed by atoms with Crippen LogP contribution in [0.15, 0.2) is 59.3 Å². The Bertz CT molecular complexity index is 854. The van der Waals surface area contributed by atoms with Crippen molar-refractivity contribution in [3.8, 4) is 0 Å². The molecule has 0 bridgehead atoms. The maximum atomic E-state index is 12.1. The normalized spacial score (nSPS) is 15.3. The van der Waals surface area contributed by atoms with Crippen molar-refractivity contribution < 1.29 is 9.21 Å². The molecule has 6 nitrogen and oxygen atoms in total. The molecule has 0 unspecified atom stereocenters. The number of urea groups is 1. The fraction of sp³-hybridized carbons (Fsp3) is 0.263. The first kappa shape index (κ1) is 15.5. The van der Waals surface area contributed by atoms with Gasteiger partial charge in [0.05, 0.1) is 11.6 Å². The molecule has 6 heteroatoms. The molecule has 1 aromatic carbocycles. The van der Waals surface area contributed by atoms with E-state index in [1.807, 2.05) is 42.5 Å². The van der Waals surface area contributed by atoms with Crippen LogP contribution < -0.4 is 15.5 Å². The van der Waals surface area contributed by atoms with E-state index in [0.717, 1.165) is 48.4 Å². The minimum absolute atomic E-state index is 0.153. The molecule has 3 aromatic rings. The van der Waals surface area contributed by atoms with Crippen LogP contribution >= 0.6 is 0 Å². The molecule has 0 saturated carbocycles. The van der Waals surface area contributed by atoms with Crippen molar-refractivity contribution in [3.05, 3.63) is 54.9 Å². The van der Waals surface area contributed by atoms with Gasteiger partial charge in [0.1, 0.15) is 11.4 Å². The number of para-hydroxylation sites is 1. The van der Waals surface area contributed by atoms with Gasteiger partial charge in [-0.15, -0.1) is 0 Å². The first-order chi connectivity index (χ1) is 12.3. The van der Waals surface area contributed by atoms with Gasteiger partial charge in [0.15, 0.2) is 0 Å². The quantitative estimate of drug-likeness (QED) is 0.766. The summed E-state index contributed by atoms with van der Waals surface area (Å²) in [5, 5.41) is 6.96. The Hall–Kier alpha value is -3.02. The third-order valence-corrected chi connectivity index (χ3v) is 4.52. The van der Waals surface area contributed by atoms with Crippen molar-refractivity contribution in [2.75, 3.05) is 23.3 Å². The predicted octanol–water partition coefficient (Wildman–Crippen LogP) is 3.62.